The minimum Gasteiger partial charge on any atom is -0.378 e. The molecule has 1 saturated heterocycles. The summed E-state index contributed by atoms with van der Waals surface area (Å²) in [5.41, 5.74) is 3.47. The Morgan fingerprint density at radius 1 is 1.04 bits per heavy atom. The topological polar surface area (TPSA) is 69.2 Å². The number of rotatable bonds is 5. The first-order chi connectivity index (χ1) is 12.3. The van der Waals surface area contributed by atoms with Gasteiger partial charge in [-0.15, -0.1) is 0 Å². The van der Waals surface area contributed by atoms with Gasteiger partial charge in [0.05, 0.1) is 25.8 Å². The van der Waals surface area contributed by atoms with E-state index >= 15 is 0 Å². The third-order valence-corrected chi connectivity index (χ3v) is 4.30. The van der Waals surface area contributed by atoms with Crippen LogP contribution >= 0.6 is 0 Å². The van der Waals surface area contributed by atoms with Crippen LogP contribution in [0.25, 0.3) is 0 Å². The second kappa shape index (κ2) is 7.06. The van der Waals surface area contributed by atoms with E-state index in [1.54, 1.807) is 4.68 Å². The molecule has 0 amide bonds. The summed E-state index contributed by atoms with van der Waals surface area (Å²) in [6.07, 6.45) is 5.05. The zero-order valence-electron chi connectivity index (χ0n) is 14.3. The van der Waals surface area contributed by atoms with E-state index in [2.05, 4.69) is 44.4 Å². The Bertz CT molecular complexity index is 818. The average Bonchev–Trinajstić information content (AvgIpc) is 3.25. The van der Waals surface area contributed by atoms with Crippen LogP contribution in [0.4, 0.5) is 5.69 Å². The Morgan fingerprint density at radius 2 is 1.84 bits per heavy atom. The van der Waals surface area contributed by atoms with Crippen molar-refractivity contribution in [1.29, 1.82) is 0 Å². The van der Waals surface area contributed by atoms with Gasteiger partial charge < -0.3 is 14.2 Å². The Kier molecular flexibility index (Phi) is 4.47. The first-order valence-electron chi connectivity index (χ1n) is 8.47. The summed E-state index contributed by atoms with van der Waals surface area (Å²) in [4.78, 5) is 6.82. The monoisotopic (exact) mass is 339 g/mol. The highest BCUT2D eigenvalue weighted by atomic mass is 16.5. The van der Waals surface area contributed by atoms with Crippen LogP contribution in [0.1, 0.15) is 22.8 Å². The number of hydrogen-bond acceptors (Lipinski definition) is 6. The number of aromatic nitrogens is 4. The van der Waals surface area contributed by atoms with Crippen LogP contribution in [0.5, 0.6) is 0 Å². The molecule has 130 valence electrons. The van der Waals surface area contributed by atoms with E-state index < -0.39 is 0 Å². The lowest BCUT2D eigenvalue weighted by atomic mass is 10.1. The fourth-order valence-corrected chi connectivity index (χ4v) is 3.00. The number of benzene rings is 1. The second-order valence-electron chi connectivity index (χ2n) is 6.25. The first-order valence-corrected chi connectivity index (χ1v) is 8.47. The van der Waals surface area contributed by atoms with Crippen molar-refractivity contribution in [3.8, 4) is 0 Å². The zero-order chi connectivity index (χ0) is 17.1. The summed E-state index contributed by atoms with van der Waals surface area (Å²) in [5.74, 6) is 1.32. The second-order valence-corrected chi connectivity index (χ2v) is 6.25. The molecule has 0 N–H and O–H groups in total. The first kappa shape index (κ1) is 15.8. The van der Waals surface area contributed by atoms with Crippen molar-refractivity contribution < 1.29 is 9.26 Å². The molecule has 7 nitrogen and oxygen atoms in total. The number of morpholine rings is 1. The van der Waals surface area contributed by atoms with Crippen molar-refractivity contribution in [3.63, 3.8) is 0 Å². The van der Waals surface area contributed by atoms with Crippen molar-refractivity contribution in [2.75, 3.05) is 31.2 Å². The van der Waals surface area contributed by atoms with Gasteiger partial charge in [-0.3, -0.25) is 4.68 Å². The highest BCUT2D eigenvalue weighted by molar-refractivity contribution is 5.48. The predicted octanol–water partition coefficient (Wildman–Crippen LogP) is 1.82. The summed E-state index contributed by atoms with van der Waals surface area (Å²) in [6.45, 7) is 3.48. The normalized spacial score (nSPS) is 14.8. The molecule has 0 spiro atoms. The van der Waals surface area contributed by atoms with Crippen LogP contribution in [0.3, 0.4) is 0 Å². The van der Waals surface area contributed by atoms with Crippen LogP contribution < -0.4 is 4.90 Å². The molecule has 0 unspecified atom stereocenters. The van der Waals surface area contributed by atoms with E-state index in [0.29, 0.717) is 24.6 Å². The molecule has 4 rings (SSSR count). The number of anilines is 1. The average molecular weight is 339 g/mol. The summed E-state index contributed by atoms with van der Waals surface area (Å²) < 4.78 is 12.5. The lowest BCUT2D eigenvalue weighted by molar-refractivity contribution is 0.122. The lowest BCUT2D eigenvalue weighted by Crippen LogP contribution is -2.36. The van der Waals surface area contributed by atoms with Crippen LogP contribution in [-0.2, 0) is 24.6 Å². The number of nitrogens with zero attached hydrogens (tertiary/aromatic N) is 5. The van der Waals surface area contributed by atoms with Crippen molar-refractivity contribution in [2.24, 2.45) is 7.05 Å². The fourth-order valence-electron chi connectivity index (χ4n) is 3.00. The van der Waals surface area contributed by atoms with Gasteiger partial charge in [-0.05, 0) is 23.3 Å². The maximum absolute atomic E-state index is 5.40. The van der Waals surface area contributed by atoms with Crippen LogP contribution in [0.15, 0.2) is 41.2 Å². The molecular weight excluding hydrogens is 318 g/mol. The van der Waals surface area contributed by atoms with Crippen LogP contribution in [-0.4, -0.2) is 46.2 Å². The molecule has 1 aliphatic heterocycles. The summed E-state index contributed by atoms with van der Waals surface area (Å²) >= 11 is 0. The molecule has 0 bridgehead atoms. The molecule has 1 aliphatic rings. The molecule has 2 aromatic heterocycles. The Hall–Kier alpha value is -2.67. The van der Waals surface area contributed by atoms with Gasteiger partial charge in [0.15, 0.2) is 5.82 Å². The molecule has 0 radical (unpaired) electrons. The standard InChI is InChI=1S/C18H21N5O2/c1-22-13-15(12-19-22)10-17-20-18(25-21-17)11-14-2-4-16(5-3-14)23-6-8-24-9-7-23/h2-5,12-13H,6-11H2,1H3. The van der Waals surface area contributed by atoms with Crippen molar-refractivity contribution in [2.45, 2.75) is 12.8 Å². The molecule has 25 heavy (non-hydrogen) atoms. The number of aryl methyl sites for hydroxylation is 1. The van der Waals surface area contributed by atoms with Crippen molar-refractivity contribution in [3.05, 3.63) is 59.5 Å². The van der Waals surface area contributed by atoms with Gasteiger partial charge in [-0.2, -0.15) is 10.1 Å². The van der Waals surface area contributed by atoms with E-state index in [1.165, 1.54) is 5.69 Å². The van der Waals surface area contributed by atoms with Gasteiger partial charge in [0.2, 0.25) is 5.89 Å². The van der Waals surface area contributed by atoms with Crippen molar-refractivity contribution in [1.82, 2.24) is 19.9 Å². The molecule has 0 atom stereocenters. The van der Waals surface area contributed by atoms with Crippen molar-refractivity contribution >= 4 is 5.69 Å². The van der Waals surface area contributed by atoms with E-state index in [1.807, 2.05) is 19.4 Å². The van der Waals surface area contributed by atoms with E-state index in [-0.39, 0.29) is 0 Å². The van der Waals surface area contributed by atoms with Gasteiger partial charge in [0.25, 0.3) is 0 Å². The summed E-state index contributed by atoms with van der Waals surface area (Å²) in [5, 5.41) is 8.22. The summed E-state index contributed by atoms with van der Waals surface area (Å²) in [6, 6.07) is 8.53. The highest BCUT2D eigenvalue weighted by Crippen LogP contribution is 2.18. The largest absolute Gasteiger partial charge is 0.378 e. The molecule has 3 heterocycles. The van der Waals surface area contributed by atoms with E-state index in [0.717, 1.165) is 37.4 Å². The minimum atomic E-state index is 0.632. The molecule has 1 fully saturated rings. The molecule has 7 heteroatoms. The Labute approximate surface area is 146 Å². The van der Waals surface area contributed by atoms with Gasteiger partial charge in [0, 0.05) is 38.4 Å². The Balaban J connectivity index is 1.38. The van der Waals surface area contributed by atoms with Crippen LogP contribution in [0.2, 0.25) is 0 Å². The SMILES string of the molecule is Cn1cc(Cc2noc(Cc3ccc(N4CCOCC4)cc3)n2)cn1. The summed E-state index contributed by atoms with van der Waals surface area (Å²) in [7, 11) is 1.89. The van der Waals surface area contributed by atoms with Gasteiger partial charge in [-0.25, -0.2) is 0 Å². The van der Waals surface area contributed by atoms with E-state index in [9.17, 15) is 0 Å². The number of hydrogen-bond donors (Lipinski definition) is 0. The van der Waals surface area contributed by atoms with Gasteiger partial charge in [0.1, 0.15) is 0 Å². The third kappa shape index (κ3) is 3.88. The van der Waals surface area contributed by atoms with Gasteiger partial charge in [-0.1, -0.05) is 17.3 Å². The highest BCUT2D eigenvalue weighted by Gasteiger charge is 2.12. The molecule has 0 aliphatic carbocycles. The van der Waals surface area contributed by atoms with Gasteiger partial charge >= 0.3 is 0 Å². The third-order valence-electron chi connectivity index (χ3n) is 4.30. The zero-order valence-corrected chi connectivity index (χ0v) is 14.3. The molecule has 3 aromatic rings. The number of ether oxygens (including phenoxy) is 1. The lowest BCUT2D eigenvalue weighted by Gasteiger charge is -2.28. The fraction of sp³-hybridized carbons (Fsp3) is 0.389. The maximum atomic E-state index is 5.40. The van der Waals surface area contributed by atoms with E-state index in [4.69, 9.17) is 9.26 Å². The molecule has 0 saturated carbocycles. The Morgan fingerprint density at radius 3 is 2.56 bits per heavy atom. The van der Waals surface area contributed by atoms with Crippen LogP contribution in [0, 0.1) is 0 Å². The predicted molar refractivity (Wildman–Crippen MR) is 92.6 cm³/mol. The quantitative estimate of drug-likeness (QED) is 0.706. The molecule has 1 aromatic carbocycles. The molecular formula is C18H21N5O2. The minimum absolute atomic E-state index is 0.632. The maximum Gasteiger partial charge on any atom is 0.231 e. The smallest absolute Gasteiger partial charge is 0.231 e.